The van der Waals surface area contributed by atoms with E-state index in [1.807, 2.05) is 37.3 Å². The second-order valence-electron chi connectivity index (χ2n) is 6.21. The van der Waals surface area contributed by atoms with E-state index in [0.29, 0.717) is 11.1 Å². The van der Waals surface area contributed by atoms with Crippen molar-refractivity contribution in [3.05, 3.63) is 46.8 Å². The second-order valence-corrected chi connectivity index (χ2v) is 7.85. The fraction of sp³-hybridized carbons (Fsp3) is 0.444. The van der Waals surface area contributed by atoms with Crippen molar-refractivity contribution in [3.63, 3.8) is 0 Å². The highest BCUT2D eigenvalue weighted by atomic mass is 32.2. The molecule has 24 heavy (non-hydrogen) atoms. The van der Waals surface area contributed by atoms with Crippen molar-refractivity contribution in [2.45, 2.75) is 49.5 Å². The van der Waals surface area contributed by atoms with Crippen molar-refractivity contribution >= 4 is 23.5 Å². The Morgan fingerprint density at radius 3 is 2.67 bits per heavy atom. The fourth-order valence-electron chi connectivity index (χ4n) is 3.01. The predicted molar refractivity (Wildman–Crippen MR) is 98.9 cm³/mol. The Hall–Kier alpha value is -1.95. The zero-order chi connectivity index (χ0) is 16.9. The predicted octanol–water partition coefficient (Wildman–Crippen LogP) is 3.56. The molecule has 0 saturated heterocycles. The van der Waals surface area contributed by atoms with E-state index in [-0.39, 0.29) is 16.7 Å². The minimum absolute atomic E-state index is 0.0629. The Morgan fingerprint density at radius 2 is 1.96 bits per heavy atom. The molecule has 0 spiro atoms. The molecule has 3 rings (SSSR count). The monoisotopic (exact) mass is 345 g/mol. The van der Waals surface area contributed by atoms with Gasteiger partial charge in [0.2, 0.25) is 5.91 Å². The van der Waals surface area contributed by atoms with Gasteiger partial charge in [0.05, 0.1) is 10.9 Å². The Morgan fingerprint density at radius 1 is 1.25 bits per heavy atom. The van der Waals surface area contributed by atoms with Crippen LogP contribution < -0.4 is 10.9 Å². The zero-order valence-electron chi connectivity index (χ0n) is 13.8. The number of anilines is 1. The van der Waals surface area contributed by atoms with Crippen LogP contribution in [0.4, 0.5) is 5.82 Å². The summed E-state index contributed by atoms with van der Waals surface area (Å²) in [6.07, 6.45) is 6.23. The number of para-hydroxylation sites is 1. The van der Waals surface area contributed by atoms with E-state index in [4.69, 9.17) is 0 Å². The van der Waals surface area contributed by atoms with E-state index >= 15 is 0 Å². The number of carbonyl (C=O) groups is 1. The number of H-pyrrole nitrogens is 1. The van der Waals surface area contributed by atoms with Gasteiger partial charge in [-0.2, -0.15) is 0 Å². The van der Waals surface area contributed by atoms with E-state index in [2.05, 4.69) is 10.4 Å². The van der Waals surface area contributed by atoms with Gasteiger partial charge < -0.3 is 5.32 Å². The summed E-state index contributed by atoms with van der Waals surface area (Å²) < 4.78 is 1.43. The average Bonchev–Trinajstić information content (AvgIpc) is 2.97. The number of benzene rings is 1. The number of aromatic amines is 1. The van der Waals surface area contributed by atoms with E-state index in [0.717, 1.165) is 5.69 Å². The number of nitrogens with one attached hydrogen (secondary N) is 2. The lowest BCUT2D eigenvalue weighted by Crippen LogP contribution is -2.25. The van der Waals surface area contributed by atoms with Crippen molar-refractivity contribution in [1.82, 2.24) is 9.78 Å². The second kappa shape index (κ2) is 7.75. The summed E-state index contributed by atoms with van der Waals surface area (Å²) in [4.78, 5) is 24.5. The first-order valence-electron chi connectivity index (χ1n) is 8.47. The SMILES string of the molecule is CC(SC1CCCCC1)C(=O)Nc1cc(=O)n(-c2ccccc2)[nH]1. The van der Waals surface area contributed by atoms with Crippen molar-refractivity contribution < 1.29 is 4.79 Å². The van der Waals surface area contributed by atoms with Crippen LogP contribution in [0.15, 0.2) is 41.2 Å². The molecule has 1 unspecified atom stereocenters. The maximum Gasteiger partial charge on any atom is 0.273 e. The third-order valence-corrected chi connectivity index (χ3v) is 5.79. The number of nitrogens with zero attached hydrogens (tertiary/aromatic N) is 1. The topological polar surface area (TPSA) is 66.9 Å². The molecule has 0 bridgehead atoms. The maximum atomic E-state index is 12.4. The molecule has 1 amide bonds. The van der Waals surface area contributed by atoms with Crippen LogP contribution >= 0.6 is 11.8 Å². The van der Waals surface area contributed by atoms with Crippen LogP contribution in [-0.2, 0) is 4.79 Å². The molecule has 6 heteroatoms. The molecule has 128 valence electrons. The maximum absolute atomic E-state index is 12.4. The lowest BCUT2D eigenvalue weighted by atomic mass is 10.0. The number of amides is 1. The molecule has 2 aromatic rings. The number of aromatic nitrogens is 2. The van der Waals surface area contributed by atoms with Crippen molar-refractivity contribution in [2.24, 2.45) is 0 Å². The first-order valence-corrected chi connectivity index (χ1v) is 9.41. The molecular formula is C18H23N3O2S. The van der Waals surface area contributed by atoms with Crippen LogP contribution in [0.3, 0.4) is 0 Å². The number of carbonyl (C=O) groups excluding carboxylic acids is 1. The largest absolute Gasteiger partial charge is 0.310 e. The van der Waals surface area contributed by atoms with E-state index in [1.54, 1.807) is 11.8 Å². The van der Waals surface area contributed by atoms with Crippen LogP contribution in [0.25, 0.3) is 5.69 Å². The number of hydrogen-bond donors (Lipinski definition) is 2. The quantitative estimate of drug-likeness (QED) is 0.871. The van der Waals surface area contributed by atoms with E-state index in [1.165, 1.54) is 42.9 Å². The normalized spacial score (nSPS) is 16.7. The molecule has 0 aliphatic heterocycles. The molecule has 1 aromatic carbocycles. The summed E-state index contributed by atoms with van der Waals surface area (Å²) in [5.74, 6) is 0.372. The molecule has 1 aliphatic rings. The van der Waals surface area contributed by atoms with Crippen molar-refractivity contribution in [2.75, 3.05) is 5.32 Å². The molecule has 0 radical (unpaired) electrons. The van der Waals surface area contributed by atoms with Gasteiger partial charge in [-0.3, -0.25) is 14.7 Å². The van der Waals surface area contributed by atoms with Crippen LogP contribution in [0, 0.1) is 0 Å². The summed E-state index contributed by atoms with van der Waals surface area (Å²) in [5, 5.41) is 6.22. The van der Waals surface area contributed by atoms with Gasteiger partial charge in [-0.05, 0) is 31.9 Å². The van der Waals surface area contributed by atoms with Gasteiger partial charge in [-0.1, -0.05) is 37.5 Å². The molecule has 1 aliphatic carbocycles. The molecule has 2 N–H and O–H groups in total. The number of thioether (sulfide) groups is 1. The van der Waals surface area contributed by atoms with Gasteiger partial charge in [0.15, 0.2) is 0 Å². The standard InChI is InChI=1S/C18H23N3O2S/c1-13(24-15-10-6-3-7-11-15)18(23)19-16-12-17(22)21(20-16)14-8-4-2-5-9-14/h2,4-5,8-9,12-13,15,20H,3,6-7,10-11H2,1H3,(H,19,23). The zero-order valence-corrected chi connectivity index (χ0v) is 14.6. The third kappa shape index (κ3) is 4.12. The van der Waals surface area contributed by atoms with Crippen LogP contribution in [-0.4, -0.2) is 26.2 Å². The number of hydrogen-bond acceptors (Lipinski definition) is 3. The summed E-state index contributed by atoms with van der Waals surface area (Å²) in [6.45, 7) is 1.93. The van der Waals surface area contributed by atoms with Gasteiger partial charge in [-0.25, -0.2) is 4.68 Å². The minimum Gasteiger partial charge on any atom is -0.310 e. The van der Waals surface area contributed by atoms with Gasteiger partial charge in [-0.15, -0.1) is 11.8 Å². The first kappa shape index (κ1) is 16.9. The Kier molecular flexibility index (Phi) is 5.45. The van der Waals surface area contributed by atoms with Gasteiger partial charge in [0.1, 0.15) is 5.82 Å². The molecule has 1 saturated carbocycles. The molecule has 1 heterocycles. The van der Waals surface area contributed by atoms with Gasteiger partial charge in [0, 0.05) is 11.3 Å². The van der Waals surface area contributed by atoms with Crippen LogP contribution in [0.5, 0.6) is 0 Å². The summed E-state index contributed by atoms with van der Waals surface area (Å²) in [6, 6.07) is 10.7. The smallest absolute Gasteiger partial charge is 0.273 e. The lowest BCUT2D eigenvalue weighted by molar-refractivity contribution is -0.115. The molecule has 5 nitrogen and oxygen atoms in total. The average molecular weight is 345 g/mol. The van der Waals surface area contributed by atoms with Gasteiger partial charge in [0.25, 0.3) is 5.56 Å². The summed E-state index contributed by atoms with van der Waals surface area (Å²) in [5.41, 5.74) is 0.553. The highest BCUT2D eigenvalue weighted by Gasteiger charge is 2.22. The Balaban J connectivity index is 1.63. The first-order chi connectivity index (χ1) is 11.6. The lowest BCUT2D eigenvalue weighted by Gasteiger charge is -2.23. The highest BCUT2D eigenvalue weighted by Crippen LogP contribution is 2.31. The molecular weight excluding hydrogens is 322 g/mol. The van der Waals surface area contributed by atoms with Crippen LogP contribution in [0.1, 0.15) is 39.0 Å². The molecule has 1 atom stereocenters. The summed E-state index contributed by atoms with van der Waals surface area (Å²) in [7, 11) is 0. The Labute approximate surface area is 145 Å². The highest BCUT2D eigenvalue weighted by molar-refractivity contribution is 8.01. The molecule has 1 fully saturated rings. The molecule has 1 aromatic heterocycles. The van der Waals surface area contributed by atoms with Crippen molar-refractivity contribution in [1.29, 1.82) is 0 Å². The van der Waals surface area contributed by atoms with Crippen LogP contribution in [0.2, 0.25) is 0 Å². The van der Waals surface area contributed by atoms with E-state index in [9.17, 15) is 9.59 Å². The minimum atomic E-state index is -0.191. The Bertz CT molecular complexity index is 732. The third-order valence-electron chi connectivity index (χ3n) is 4.31. The fourth-order valence-corrected chi connectivity index (χ4v) is 4.38. The van der Waals surface area contributed by atoms with Gasteiger partial charge >= 0.3 is 0 Å². The van der Waals surface area contributed by atoms with E-state index < -0.39 is 0 Å². The summed E-state index contributed by atoms with van der Waals surface area (Å²) >= 11 is 1.74. The number of rotatable bonds is 5. The van der Waals surface area contributed by atoms with Crippen molar-refractivity contribution in [3.8, 4) is 5.69 Å².